The van der Waals surface area contributed by atoms with E-state index in [4.69, 9.17) is 0 Å². The van der Waals surface area contributed by atoms with Crippen LogP contribution in [0.4, 0.5) is 0 Å². The highest BCUT2D eigenvalue weighted by atomic mass is 32.2. The van der Waals surface area contributed by atoms with Crippen LogP contribution >= 0.6 is 11.8 Å². The second-order valence-electron chi connectivity index (χ2n) is 5.43. The fourth-order valence-electron chi connectivity index (χ4n) is 2.81. The molecule has 116 valence electrons. The molecular weight excluding hydrogens is 304 g/mol. The number of nitrogens with zero attached hydrogens (tertiary/aromatic N) is 2. The number of thioether (sulfide) groups is 1. The highest BCUT2D eigenvalue weighted by Crippen LogP contribution is 2.28. The van der Waals surface area contributed by atoms with Gasteiger partial charge in [-0.15, -0.1) is 11.8 Å². The van der Waals surface area contributed by atoms with Crippen molar-refractivity contribution >= 4 is 29.5 Å². The summed E-state index contributed by atoms with van der Waals surface area (Å²) in [7, 11) is 0. The van der Waals surface area contributed by atoms with Gasteiger partial charge in [-0.1, -0.05) is 24.3 Å². The van der Waals surface area contributed by atoms with Crippen LogP contribution in [-0.2, 0) is 20.9 Å². The lowest BCUT2D eigenvalue weighted by Gasteiger charge is -2.33. The zero-order chi connectivity index (χ0) is 15.7. The smallest absolute Gasteiger partial charge is 0.312 e. The number of carboxylic acid groups (broad SMARTS) is 1. The van der Waals surface area contributed by atoms with E-state index in [0.29, 0.717) is 18.2 Å². The normalized spacial score (nSPS) is 20.9. The van der Waals surface area contributed by atoms with Gasteiger partial charge >= 0.3 is 5.97 Å². The van der Waals surface area contributed by atoms with Gasteiger partial charge in [-0.3, -0.25) is 14.4 Å². The fourth-order valence-corrected chi connectivity index (χ4v) is 3.72. The Morgan fingerprint density at radius 2 is 2.09 bits per heavy atom. The number of fused-ring (bicyclic) bond motifs is 1. The number of carboxylic acids is 1. The van der Waals surface area contributed by atoms with Crippen LogP contribution in [0.3, 0.4) is 0 Å². The maximum atomic E-state index is 12.4. The Hall–Kier alpha value is -2.02. The number of amides is 2. The van der Waals surface area contributed by atoms with E-state index in [1.54, 1.807) is 6.07 Å². The van der Waals surface area contributed by atoms with Crippen LogP contribution < -0.4 is 0 Å². The van der Waals surface area contributed by atoms with Crippen LogP contribution in [0.1, 0.15) is 17.0 Å². The van der Waals surface area contributed by atoms with E-state index in [2.05, 4.69) is 0 Å². The average Bonchev–Trinajstić information content (AvgIpc) is 2.91. The average molecular weight is 320 g/mol. The van der Waals surface area contributed by atoms with Crippen LogP contribution in [-0.4, -0.2) is 57.4 Å². The molecule has 2 aliphatic rings. The minimum atomic E-state index is -0.933. The van der Waals surface area contributed by atoms with Gasteiger partial charge < -0.3 is 14.9 Å². The predicted octanol–water partition coefficient (Wildman–Crippen LogP) is 0.730. The van der Waals surface area contributed by atoms with E-state index in [0.717, 1.165) is 11.1 Å². The zero-order valence-electron chi connectivity index (χ0n) is 11.9. The first-order valence-electron chi connectivity index (χ1n) is 7.00. The van der Waals surface area contributed by atoms with Gasteiger partial charge in [0.2, 0.25) is 11.8 Å². The molecule has 1 aromatic carbocycles. The molecule has 1 saturated heterocycles. The van der Waals surface area contributed by atoms with Crippen LogP contribution in [0.25, 0.3) is 0 Å². The number of hydrogen-bond acceptors (Lipinski definition) is 4. The fraction of sp³-hybridized carbons (Fsp3) is 0.400. The monoisotopic (exact) mass is 320 g/mol. The molecule has 3 rings (SSSR count). The van der Waals surface area contributed by atoms with Gasteiger partial charge in [0.1, 0.15) is 6.54 Å². The lowest BCUT2D eigenvalue weighted by Crippen LogP contribution is -2.45. The van der Waals surface area contributed by atoms with Gasteiger partial charge in [0, 0.05) is 13.1 Å². The molecule has 0 aromatic heterocycles. The van der Waals surface area contributed by atoms with E-state index in [-0.39, 0.29) is 24.9 Å². The number of carbonyl (C=O) groups excluding carboxylic acids is 2. The molecule has 1 atom stereocenters. The van der Waals surface area contributed by atoms with Crippen molar-refractivity contribution in [3.63, 3.8) is 0 Å². The van der Waals surface area contributed by atoms with Gasteiger partial charge in [-0.2, -0.15) is 0 Å². The summed E-state index contributed by atoms with van der Waals surface area (Å²) in [5.41, 5.74) is 1.63. The van der Waals surface area contributed by atoms with Gasteiger partial charge in [0.15, 0.2) is 0 Å². The lowest BCUT2D eigenvalue weighted by atomic mass is 9.90. The Morgan fingerprint density at radius 1 is 1.32 bits per heavy atom. The molecule has 2 heterocycles. The van der Waals surface area contributed by atoms with Crippen LogP contribution in [0, 0.1) is 0 Å². The van der Waals surface area contributed by atoms with Crippen molar-refractivity contribution in [1.82, 2.24) is 9.80 Å². The van der Waals surface area contributed by atoms with E-state index >= 15 is 0 Å². The summed E-state index contributed by atoms with van der Waals surface area (Å²) in [6, 6.07) is 7.30. The van der Waals surface area contributed by atoms with Gasteiger partial charge in [0.05, 0.1) is 17.5 Å². The zero-order valence-corrected chi connectivity index (χ0v) is 12.7. The molecule has 7 heteroatoms. The van der Waals surface area contributed by atoms with Gasteiger partial charge in [-0.25, -0.2) is 0 Å². The quantitative estimate of drug-likeness (QED) is 0.888. The van der Waals surface area contributed by atoms with Crippen molar-refractivity contribution < 1.29 is 19.5 Å². The van der Waals surface area contributed by atoms with Gasteiger partial charge in [0.25, 0.3) is 0 Å². The standard InChI is InChI=1S/C15H16N2O4S/c18-13(7-17-9-22-8-14(17)19)16-5-10-3-1-2-4-11(10)12(6-16)15(20)21/h1-4,12H,5-9H2,(H,20,21). The van der Waals surface area contributed by atoms with Gasteiger partial charge in [-0.05, 0) is 11.1 Å². The van der Waals surface area contributed by atoms with E-state index in [9.17, 15) is 19.5 Å². The van der Waals surface area contributed by atoms with Crippen LogP contribution in [0.5, 0.6) is 0 Å². The molecular formula is C15H16N2O4S. The molecule has 0 bridgehead atoms. The second kappa shape index (κ2) is 6.00. The third kappa shape index (κ3) is 2.81. The third-order valence-electron chi connectivity index (χ3n) is 4.00. The number of rotatable bonds is 3. The first kappa shape index (κ1) is 14.9. The molecule has 2 aliphatic heterocycles. The highest BCUT2D eigenvalue weighted by molar-refractivity contribution is 8.00. The molecule has 0 radical (unpaired) electrons. The Labute approximate surface area is 132 Å². The van der Waals surface area contributed by atoms with Crippen molar-refractivity contribution in [2.24, 2.45) is 0 Å². The summed E-state index contributed by atoms with van der Waals surface area (Å²) in [5.74, 6) is -0.942. The number of benzene rings is 1. The highest BCUT2D eigenvalue weighted by Gasteiger charge is 2.33. The third-order valence-corrected chi connectivity index (χ3v) is 4.94. The summed E-state index contributed by atoms with van der Waals surface area (Å²) in [5, 5.41) is 9.41. The maximum absolute atomic E-state index is 12.4. The topological polar surface area (TPSA) is 77.9 Å². The Kier molecular flexibility index (Phi) is 4.06. The van der Waals surface area contributed by atoms with E-state index in [1.807, 2.05) is 18.2 Å². The number of aliphatic carboxylic acids is 1. The van der Waals surface area contributed by atoms with Crippen molar-refractivity contribution in [1.29, 1.82) is 0 Å². The van der Waals surface area contributed by atoms with Crippen LogP contribution in [0.15, 0.2) is 24.3 Å². The Balaban J connectivity index is 1.77. The SMILES string of the molecule is O=C(O)C1CN(C(=O)CN2CSCC2=O)Cc2ccccc21. The first-order valence-corrected chi connectivity index (χ1v) is 8.15. The van der Waals surface area contributed by atoms with E-state index in [1.165, 1.54) is 21.6 Å². The molecule has 0 spiro atoms. The van der Waals surface area contributed by atoms with Crippen molar-refractivity contribution in [2.75, 3.05) is 24.7 Å². The summed E-state index contributed by atoms with van der Waals surface area (Å²) >= 11 is 1.48. The minimum Gasteiger partial charge on any atom is -0.481 e. The summed E-state index contributed by atoms with van der Waals surface area (Å²) in [6.07, 6.45) is 0. The number of hydrogen-bond donors (Lipinski definition) is 1. The molecule has 22 heavy (non-hydrogen) atoms. The second-order valence-corrected chi connectivity index (χ2v) is 6.39. The lowest BCUT2D eigenvalue weighted by molar-refractivity contribution is -0.143. The minimum absolute atomic E-state index is 0.0281. The largest absolute Gasteiger partial charge is 0.481 e. The summed E-state index contributed by atoms with van der Waals surface area (Å²) in [6.45, 7) is 0.578. The molecule has 1 N–H and O–H groups in total. The molecule has 0 aliphatic carbocycles. The molecule has 0 saturated carbocycles. The Bertz CT molecular complexity index is 634. The molecule has 6 nitrogen and oxygen atoms in total. The van der Waals surface area contributed by atoms with Crippen molar-refractivity contribution in [3.05, 3.63) is 35.4 Å². The summed E-state index contributed by atoms with van der Waals surface area (Å²) in [4.78, 5) is 38.5. The van der Waals surface area contributed by atoms with E-state index < -0.39 is 11.9 Å². The maximum Gasteiger partial charge on any atom is 0.312 e. The molecule has 1 fully saturated rings. The molecule has 1 aromatic rings. The Morgan fingerprint density at radius 3 is 2.77 bits per heavy atom. The predicted molar refractivity (Wildman–Crippen MR) is 81.3 cm³/mol. The van der Waals surface area contributed by atoms with Crippen molar-refractivity contribution in [3.8, 4) is 0 Å². The van der Waals surface area contributed by atoms with Crippen molar-refractivity contribution in [2.45, 2.75) is 12.5 Å². The first-order chi connectivity index (χ1) is 10.6. The summed E-state index contributed by atoms with van der Waals surface area (Å²) < 4.78 is 0. The van der Waals surface area contributed by atoms with Crippen LogP contribution in [0.2, 0.25) is 0 Å². The number of carbonyl (C=O) groups is 3. The molecule has 1 unspecified atom stereocenters. The molecule has 2 amide bonds.